The van der Waals surface area contributed by atoms with Crippen LogP contribution in [0.3, 0.4) is 0 Å². The zero-order valence-corrected chi connectivity index (χ0v) is 18.8. The maximum Gasteiger partial charge on any atom is 0.161 e. The number of imidazole rings is 1. The molecule has 0 saturated carbocycles. The highest BCUT2D eigenvalue weighted by molar-refractivity contribution is 5.88. The van der Waals surface area contributed by atoms with Crippen LogP contribution in [0.2, 0.25) is 0 Å². The largest absolute Gasteiger partial charge is 0.493 e. The normalized spacial score (nSPS) is 11.1. The SMILES string of the molecule is COc1ccc(Cc2nc3ccccc3n2CCOc2cccc3ccccc23)cc1OC. The first-order chi connectivity index (χ1) is 16.3. The van der Waals surface area contributed by atoms with Gasteiger partial charge >= 0.3 is 0 Å². The number of benzene rings is 4. The van der Waals surface area contributed by atoms with Gasteiger partial charge in [-0.25, -0.2) is 4.98 Å². The standard InChI is InChI=1S/C28H26N2O3/c1-31-26-15-14-20(18-27(26)32-2)19-28-29-23-11-5-6-12-24(23)30(28)16-17-33-25-13-7-9-21-8-3-4-10-22(21)25/h3-15,18H,16-17,19H2,1-2H3. The van der Waals surface area contributed by atoms with Crippen LogP contribution in [0, 0.1) is 0 Å². The average Bonchev–Trinajstić information content (AvgIpc) is 3.21. The molecule has 0 aliphatic rings. The second kappa shape index (κ2) is 9.25. The Bertz CT molecular complexity index is 1400. The minimum Gasteiger partial charge on any atom is -0.493 e. The van der Waals surface area contributed by atoms with Gasteiger partial charge in [0.25, 0.3) is 0 Å². The molecule has 0 bridgehead atoms. The predicted molar refractivity (Wildman–Crippen MR) is 132 cm³/mol. The van der Waals surface area contributed by atoms with Crippen LogP contribution in [0.25, 0.3) is 21.8 Å². The molecule has 0 N–H and O–H groups in total. The number of rotatable bonds is 8. The molecule has 5 aromatic rings. The van der Waals surface area contributed by atoms with E-state index >= 15 is 0 Å². The molecule has 4 aromatic carbocycles. The average molecular weight is 439 g/mol. The first-order valence-electron chi connectivity index (χ1n) is 11.0. The van der Waals surface area contributed by atoms with Crippen molar-refractivity contribution < 1.29 is 14.2 Å². The predicted octanol–water partition coefficient (Wildman–Crippen LogP) is 5.88. The summed E-state index contributed by atoms with van der Waals surface area (Å²) in [5, 5.41) is 2.30. The summed E-state index contributed by atoms with van der Waals surface area (Å²) in [5.41, 5.74) is 3.20. The zero-order chi connectivity index (χ0) is 22.6. The maximum absolute atomic E-state index is 6.23. The van der Waals surface area contributed by atoms with E-state index in [9.17, 15) is 0 Å². The number of aromatic nitrogens is 2. The molecule has 5 nitrogen and oxygen atoms in total. The first kappa shape index (κ1) is 20.9. The van der Waals surface area contributed by atoms with Gasteiger partial charge in [-0.2, -0.15) is 0 Å². The van der Waals surface area contributed by atoms with Gasteiger partial charge in [0.15, 0.2) is 11.5 Å². The van der Waals surface area contributed by atoms with Crippen LogP contribution < -0.4 is 14.2 Å². The van der Waals surface area contributed by atoms with Crippen LogP contribution in [0.4, 0.5) is 0 Å². The quantitative estimate of drug-likeness (QED) is 0.304. The van der Waals surface area contributed by atoms with Crippen LogP contribution >= 0.6 is 0 Å². The van der Waals surface area contributed by atoms with Gasteiger partial charge in [0.2, 0.25) is 0 Å². The van der Waals surface area contributed by atoms with Gasteiger partial charge in [-0.1, -0.05) is 54.6 Å². The lowest BCUT2D eigenvalue weighted by Gasteiger charge is -2.13. The summed E-state index contributed by atoms with van der Waals surface area (Å²) in [5.74, 6) is 3.33. The smallest absolute Gasteiger partial charge is 0.161 e. The summed E-state index contributed by atoms with van der Waals surface area (Å²) in [7, 11) is 3.30. The van der Waals surface area contributed by atoms with Crippen LogP contribution in [0.1, 0.15) is 11.4 Å². The van der Waals surface area contributed by atoms with Gasteiger partial charge in [0.05, 0.1) is 31.8 Å². The molecular formula is C28H26N2O3. The number of nitrogens with zero attached hydrogens (tertiary/aromatic N) is 2. The van der Waals surface area contributed by atoms with Gasteiger partial charge in [0, 0.05) is 11.8 Å². The van der Waals surface area contributed by atoms with Crippen molar-refractivity contribution in [3.63, 3.8) is 0 Å². The van der Waals surface area contributed by atoms with Gasteiger partial charge in [-0.3, -0.25) is 0 Å². The van der Waals surface area contributed by atoms with Crippen LogP contribution in [-0.2, 0) is 13.0 Å². The molecule has 0 spiro atoms. The fraction of sp³-hybridized carbons (Fsp3) is 0.179. The Hall–Kier alpha value is -3.99. The molecule has 0 amide bonds. The summed E-state index contributed by atoms with van der Waals surface area (Å²) in [6.45, 7) is 1.25. The zero-order valence-electron chi connectivity index (χ0n) is 18.8. The summed E-state index contributed by atoms with van der Waals surface area (Å²) >= 11 is 0. The fourth-order valence-corrected chi connectivity index (χ4v) is 4.25. The highest BCUT2D eigenvalue weighted by Crippen LogP contribution is 2.29. The molecule has 0 aliphatic carbocycles. The summed E-state index contributed by atoms with van der Waals surface area (Å²) in [6.07, 6.45) is 0.684. The van der Waals surface area contributed by atoms with Crippen LogP contribution in [-0.4, -0.2) is 30.4 Å². The Morgan fingerprint density at radius 1 is 0.758 bits per heavy atom. The third-order valence-electron chi connectivity index (χ3n) is 5.87. The van der Waals surface area contributed by atoms with Gasteiger partial charge in [-0.15, -0.1) is 0 Å². The van der Waals surface area contributed by atoms with Gasteiger partial charge < -0.3 is 18.8 Å². The molecule has 0 unspecified atom stereocenters. The number of methoxy groups -OCH3 is 2. The first-order valence-corrected chi connectivity index (χ1v) is 11.0. The van der Waals surface area contributed by atoms with E-state index < -0.39 is 0 Å². The Balaban J connectivity index is 1.41. The Morgan fingerprint density at radius 3 is 2.42 bits per heavy atom. The number of hydrogen-bond acceptors (Lipinski definition) is 4. The Morgan fingerprint density at radius 2 is 1.55 bits per heavy atom. The minimum absolute atomic E-state index is 0.549. The lowest BCUT2D eigenvalue weighted by molar-refractivity contribution is 0.302. The van der Waals surface area contributed by atoms with Crippen molar-refractivity contribution in [2.75, 3.05) is 20.8 Å². The van der Waals surface area contributed by atoms with Crippen molar-refractivity contribution in [2.45, 2.75) is 13.0 Å². The Labute approximate surface area is 193 Å². The van der Waals surface area contributed by atoms with Crippen molar-refractivity contribution >= 4 is 21.8 Å². The minimum atomic E-state index is 0.549. The highest BCUT2D eigenvalue weighted by atomic mass is 16.5. The van der Waals surface area contributed by atoms with E-state index in [-0.39, 0.29) is 0 Å². The van der Waals surface area contributed by atoms with E-state index in [1.807, 2.05) is 48.5 Å². The molecule has 5 rings (SSSR count). The topological polar surface area (TPSA) is 45.5 Å². The van der Waals surface area contributed by atoms with E-state index in [0.717, 1.165) is 45.1 Å². The second-order valence-electron chi connectivity index (χ2n) is 7.86. The van der Waals surface area contributed by atoms with Gasteiger partial charge in [-0.05, 0) is 41.3 Å². The molecule has 1 aromatic heterocycles. The molecule has 0 atom stereocenters. The van der Waals surface area contributed by atoms with E-state index in [2.05, 4.69) is 41.0 Å². The number of hydrogen-bond donors (Lipinski definition) is 0. The van der Waals surface area contributed by atoms with Crippen molar-refractivity contribution in [2.24, 2.45) is 0 Å². The van der Waals surface area contributed by atoms with Crippen molar-refractivity contribution in [3.05, 3.63) is 96.3 Å². The fourth-order valence-electron chi connectivity index (χ4n) is 4.25. The van der Waals surface area contributed by atoms with Crippen LogP contribution in [0.15, 0.2) is 84.9 Å². The van der Waals surface area contributed by atoms with E-state index in [4.69, 9.17) is 19.2 Å². The second-order valence-corrected chi connectivity index (χ2v) is 7.86. The molecular weight excluding hydrogens is 412 g/mol. The van der Waals surface area contributed by atoms with Crippen molar-refractivity contribution in [3.8, 4) is 17.2 Å². The van der Waals surface area contributed by atoms with Crippen LogP contribution in [0.5, 0.6) is 17.2 Å². The molecule has 0 aliphatic heterocycles. The molecule has 33 heavy (non-hydrogen) atoms. The molecule has 0 fully saturated rings. The highest BCUT2D eigenvalue weighted by Gasteiger charge is 2.13. The lowest BCUT2D eigenvalue weighted by Crippen LogP contribution is -2.12. The number of fused-ring (bicyclic) bond motifs is 2. The third kappa shape index (κ3) is 4.22. The van der Waals surface area contributed by atoms with Gasteiger partial charge in [0.1, 0.15) is 18.2 Å². The van der Waals surface area contributed by atoms with E-state index in [0.29, 0.717) is 19.6 Å². The number of ether oxygens (including phenoxy) is 3. The molecule has 0 radical (unpaired) electrons. The third-order valence-corrected chi connectivity index (χ3v) is 5.87. The number of para-hydroxylation sites is 2. The molecule has 1 heterocycles. The van der Waals surface area contributed by atoms with E-state index in [1.165, 1.54) is 5.39 Å². The van der Waals surface area contributed by atoms with Crippen molar-refractivity contribution in [1.82, 2.24) is 9.55 Å². The lowest BCUT2D eigenvalue weighted by atomic mass is 10.1. The molecule has 0 saturated heterocycles. The summed E-state index contributed by atoms with van der Waals surface area (Å²) < 4.78 is 19.3. The monoisotopic (exact) mass is 438 g/mol. The molecule has 166 valence electrons. The Kier molecular flexibility index (Phi) is 5.85. The molecule has 5 heteroatoms. The summed E-state index contributed by atoms with van der Waals surface area (Å²) in [4.78, 5) is 4.92. The van der Waals surface area contributed by atoms with Crippen molar-refractivity contribution in [1.29, 1.82) is 0 Å². The summed E-state index contributed by atoms with van der Waals surface area (Å²) in [6, 6.07) is 28.7. The van der Waals surface area contributed by atoms with E-state index in [1.54, 1.807) is 14.2 Å². The maximum atomic E-state index is 6.23.